The molecule has 0 bridgehead atoms. The van der Waals surface area contributed by atoms with Gasteiger partial charge in [0.1, 0.15) is 0 Å². The summed E-state index contributed by atoms with van der Waals surface area (Å²) < 4.78 is 81.2. The van der Waals surface area contributed by atoms with Crippen LogP contribution in [0.5, 0.6) is 0 Å². The number of aryl methyl sites for hydroxylation is 1. The molecule has 3 aromatic rings. The minimum atomic E-state index is -4.97. The smallest absolute Gasteiger partial charge is 0.330 e. The van der Waals surface area contributed by atoms with Crippen LogP contribution in [-0.4, -0.2) is 31.7 Å². The van der Waals surface area contributed by atoms with E-state index in [9.17, 15) is 26.3 Å². The lowest BCUT2D eigenvalue weighted by atomic mass is 9.83. The van der Waals surface area contributed by atoms with E-state index in [1.165, 1.54) is 11.9 Å². The van der Waals surface area contributed by atoms with Crippen molar-refractivity contribution in [1.82, 2.24) is 25.2 Å². The summed E-state index contributed by atoms with van der Waals surface area (Å²) in [7, 11) is 1.50. The lowest BCUT2D eigenvalue weighted by Crippen LogP contribution is -2.27. The van der Waals surface area contributed by atoms with Gasteiger partial charge in [-0.3, -0.25) is 4.98 Å². The van der Waals surface area contributed by atoms with Crippen molar-refractivity contribution in [3.63, 3.8) is 0 Å². The van der Waals surface area contributed by atoms with Crippen molar-refractivity contribution in [3.8, 4) is 12.3 Å². The summed E-state index contributed by atoms with van der Waals surface area (Å²) in [6, 6.07) is 3.26. The zero-order valence-corrected chi connectivity index (χ0v) is 21.8. The number of nitrogens with two attached hydrogens (primary N) is 1. The normalized spacial score (nSPS) is 15.3. The number of aromatic nitrogens is 5. The van der Waals surface area contributed by atoms with Gasteiger partial charge in [0, 0.05) is 36.5 Å². The molecule has 2 heterocycles. The Morgan fingerprint density at radius 3 is 2.23 bits per heavy atom. The van der Waals surface area contributed by atoms with Crippen LogP contribution in [-0.2, 0) is 32.5 Å². The molecule has 2 N–H and O–H groups in total. The molecule has 7 nitrogen and oxygen atoms in total. The first-order valence-corrected chi connectivity index (χ1v) is 12.8. The van der Waals surface area contributed by atoms with Crippen LogP contribution in [0.4, 0.5) is 32.3 Å². The van der Waals surface area contributed by atoms with Crippen molar-refractivity contribution in [2.75, 3.05) is 11.4 Å². The van der Waals surface area contributed by atoms with Crippen LogP contribution in [0, 0.1) is 18.3 Å². The monoisotopic (exact) mass is 565 g/mol. The molecule has 0 amide bonds. The summed E-state index contributed by atoms with van der Waals surface area (Å²) in [4.78, 5) is 7.31. The van der Waals surface area contributed by atoms with Gasteiger partial charge in [0.25, 0.3) is 5.95 Å². The highest BCUT2D eigenvalue weighted by atomic mass is 19.4. The lowest BCUT2D eigenvalue weighted by Gasteiger charge is -2.28. The number of benzene rings is 1. The molecule has 1 aliphatic rings. The fraction of sp³-hybridized carbons (Fsp3) is 0.481. The molecule has 1 atom stereocenters. The van der Waals surface area contributed by atoms with Crippen molar-refractivity contribution >= 4 is 5.95 Å². The highest BCUT2D eigenvalue weighted by molar-refractivity contribution is 5.42. The van der Waals surface area contributed by atoms with Gasteiger partial charge >= 0.3 is 12.4 Å². The molecule has 214 valence electrons. The van der Waals surface area contributed by atoms with Gasteiger partial charge in [-0.1, -0.05) is 23.9 Å². The van der Waals surface area contributed by atoms with Crippen LogP contribution in [0.1, 0.15) is 71.5 Å². The highest BCUT2D eigenvalue weighted by Crippen LogP contribution is 2.40. The third kappa shape index (κ3) is 6.91. The van der Waals surface area contributed by atoms with E-state index in [1.54, 1.807) is 12.3 Å². The minimum Gasteiger partial charge on any atom is -0.330 e. The maximum atomic E-state index is 13.5. The van der Waals surface area contributed by atoms with Gasteiger partial charge < -0.3 is 10.6 Å². The SMILES string of the molecule is C#Cc1cnc(C(CCN)C2CCCC2)c(CN(Cc2cc(C(F)(F)F)cc(C(F)(F)F)c2)c2nnn(C)n2)c1. The number of anilines is 1. The second-order valence-electron chi connectivity index (χ2n) is 9.99. The minimum absolute atomic E-state index is 0.0228. The molecular formula is C27H29F6N7. The standard InChI is InChI=1S/C27H29F6N7/c1-3-17-10-20(24(35-14-17)23(8-9-34)19-6-4-5-7-19)16-40(25-36-38-39(2)37-25)15-18-11-21(26(28,29)30)13-22(12-18)27(31,32)33/h1,10-14,19,23H,4-9,15-16,34H2,2H3. The van der Waals surface area contributed by atoms with Gasteiger partial charge in [0.05, 0.1) is 18.2 Å². The average molecular weight is 566 g/mol. The molecule has 4 rings (SSSR count). The molecule has 1 saturated carbocycles. The van der Waals surface area contributed by atoms with Crippen LogP contribution in [0.2, 0.25) is 0 Å². The Kier molecular flexibility index (Phi) is 8.68. The maximum absolute atomic E-state index is 13.5. The van der Waals surface area contributed by atoms with Crippen LogP contribution in [0.3, 0.4) is 0 Å². The van der Waals surface area contributed by atoms with E-state index >= 15 is 0 Å². The Labute approximate surface area is 227 Å². The number of terminal acetylenes is 1. The second-order valence-corrected chi connectivity index (χ2v) is 9.99. The number of halogens is 6. The summed E-state index contributed by atoms with van der Waals surface area (Å²) in [5, 5.41) is 12.0. The largest absolute Gasteiger partial charge is 0.416 e. The predicted octanol–water partition coefficient (Wildman–Crippen LogP) is 5.45. The van der Waals surface area contributed by atoms with E-state index < -0.39 is 23.5 Å². The number of rotatable bonds is 9. The molecule has 0 spiro atoms. The Hall–Kier alpha value is -3.66. The molecule has 1 aliphatic carbocycles. The molecule has 13 heteroatoms. The van der Waals surface area contributed by atoms with E-state index in [2.05, 4.69) is 26.3 Å². The zero-order chi connectivity index (χ0) is 29.1. The summed E-state index contributed by atoms with van der Waals surface area (Å²) in [5.74, 6) is 2.95. The van der Waals surface area contributed by atoms with Gasteiger partial charge in [0.15, 0.2) is 0 Å². The first-order chi connectivity index (χ1) is 18.9. The van der Waals surface area contributed by atoms with Crippen molar-refractivity contribution in [3.05, 3.63) is 64.0 Å². The summed E-state index contributed by atoms with van der Waals surface area (Å²) in [6.45, 7) is 0.0946. The van der Waals surface area contributed by atoms with Gasteiger partial charge in [-0.2, -0.15) is 31.1 Å². The van der Waals surface area contributed by atoms with E-state index in [-0.39, 0.29) is 36.6 Å². The molecule has 0 aliphatic heterocycles. The Bertz CT molecular complexity index is 1320. The molecule has 1 fully saturated rings. The summed E-state index contributed by atoms with van der Waals surface area (Å²) in [6.07, 6.45) is 2.17. The fourth-order valence-electron chi connectivity index (χ4n) is 5.33. The Balaban J connectivity index is 1.78. The quantitative estimate of drug-likeness (QED) is 0.274. The molecule has 0 radical (unpaired) electrons. The topological polar surface area (TPSA) is 85.8 Å². The maximum Gasteiger partial charge on any atom is 0.416 e. The van der Waals surface area contributed by atoms with E-state index in [4.69, 9.17) is 12.2 Å². The Morgan fingerprint density at radius 1 is 1.05 bits per heavy atom. The molecular weight excluding hydrogens is 536 g/mol. The number of nitrogens with zero attached hydrogens (tertiary/aromatic N) is 6. The van der Waals surface area contributed by atoms with Gasteiger partial charge in [0.2, 0.25) is 0 Å². The van der Waals surface area contributed by atoms with Gasteiger partial charge in [-0.25, -0.2) is 0 Å². The zero-order valence-electron chi connectivity index (χ0n) is 21.8. The number of alkyl halides is 6. The number of pyridine rings is 1. The van der Waals surface area contributed by atoms with Crippen LogP contribution in [0.15, 0.2) is 30.5 Å². The van der Waals surface area contributed by atoms with Crippen molar-refractivity contribution in [2.24, 2.45) is 18.7 Å². The number of hydrogen-bond donors (Lipinski definition) is 1. The van der Waals surface area contributed by atoms with Crippen LogP contribution < -0.4 is 10.6 Å². The van der Waals surface area contributed by atoms with Crippen molar-refractivity contribution < 1.29 is 26.3 Å². The van der Waals surface area contributed by atoms with Gasteiger partial charge in [-0.05, 0) is 72.3 Å². The van der Waals surface area contributed by atoms with Crippen LogP contribution in [0.25, 0.3) is 0 Å². The highest BCUT2D eigenvalue weighted by Gasteiger charge is 2.37. The summed E-state index contributed by atoms with van der Waals surface area (Å²) >= 11 is 0. The van der Waals surface area contributed by atoms with Gasteiger partial charge in [-0.15, -0.1) is 11.5 Å². The van der Waals surface area contributed by atoms with E-state index in [0.29, 0.717) is 42.1 Å². The fourth-order valence-corrected chi connectivity index (χ4v) is 5.33. The van der Waals surface area contributed by atoms with Crippen LogP contribution >= 0.6 is 0 Å². The first-order valence-electron chi connectivity index (χ1n) is 12.8. The molecule has 1 unspecified atom stereocenters. The molecule has 1 aromatic carbocycles. The molecule has 2 aromatic heterocycles. The van der Waals surface area contributed by atoms with Crippen molar-refractivity contribution in [1.29, 1.82) is 0 Å². The van der Waals surface area contributed by atoms with E-state index in [1.807, 2.05) is 0 Å². The third-order valence-corrected chi connectivity index (χ3v) is 7.13. The predicted molar refractivity (Wildman–Crippen MR) is 136 cm³/mol. The average Bonchev–Trinajstić information content (AvgIpc) is 3.58. The first kappa shape index (κ1) is 29.3. The Morgan fingerprint density at radius 2 is 1.70 bits per heavy atom. The molecule has 40 heavy (non-hydrogen) atoms. The number of tetrazole rings is 1. The number of hydrogen-bond acceptors (Lipinski definition) is 6. The lowest BCUT2D eigenvalue weighted by molar-refractivity contribution is -0.143. The van der Waals surface area contributed by atoms with E-state index in [0.717, 1.165) is 36.2 Å². The second kappa shape index (κ2) is 11.8. The summed E-state index contributed by atoms with van der Waals surface area (Å²) in [5.41, 5.74) is 4.86. The molecule has 0 saturated heterocycles. The van der Waals surface area contributed by atoms with Crippen molar-refractivity contribution in [2.45, 2.75) is 63.5 Å². The third-order valence-electron chi connectivity index (χ3n) is 7.13.